The maximum atomic E-state index is 11.6. The molecule has 0 amide bonds. The van der Waals surface area contributed by atoms with Crippen LogP contribution in [0, 0.1) is 0 Å². The maximum absolute atomic E-state index is 11.6. The van der Waals surface area contributed by atoms with Gasteiger partial charge in [-0.25, -0.2) is 5.11 Å². The fraction of sp³-hybridized carbons (Fsp3) is 0.455. The first kappa shape index (κ1) is 9.27. The lowest BCUT2D eigenvalue weighted by molar-refractivity contribution is -0.000157. The molecule has 0 bridgehead atoms. The predicted molar refractivity (Wildman–Crippen MR) is 49.5 cm³/mol. The van der Waals surface area contributed by atoms with E-state index in [-0.39, 0.29) is 0 Å². The zero-order valence-corrected chi connectivity index (χ0v) is 7.92. The Kier molecular flexibility index (Phi) is 2.53. The quantitative estimate of drug-likeness (QED) is 0.639. The lowest BCUT2D eigenvalue weighted by Gasteiger charge is -2.15. The van der Waals surface area contributed by atoms with Gasteiger partial charge in [-0.1, -0.05) is 31.2 Å². The third-order valence-electron chi connectivity index (χ3n) is 2.03. The molecule has 65 valence electrons. The summed E-state index contributed by atoms with van der Waals surface area (Å²) < 4.78 is 0. The Labute approximate surface area is 74.1 Å². The van der Waals surface area contributed by atoms with Crippen molar-refractivity contribution in [2.24, 2.45) is 0 Å². The van der Waals surface area contributed by atoms with E-state index in [1.54, 1.807) is 13.8 Å². The van der Waals surface area contributed by atoms with E-state index in [0.29, 0.717) is 0 Å². The van der Waals surface area contributed by atoms with Gasteiger partial charge in [-0.3, -0.25) is 0 Å². The molecule has 1 rings (SSSR count). The number of aryl methyl sites for hydroxylation is 1. The molecule has 1 nitrogen and oxygen atoms in total. The summed E-state index contributed by atoms with van der Waals surface area (Å²) >= 11 is 0. The highest BCUT2D eigenvalue weighted by Gasteiger charge is 2.17. The average molecular weight is 163 g/mol. The zero-order chi connectivity index (χ0) is 9.19. The molecular formula is C11H15O. The summed E-state index contributed by atoms with van der Waals surface area (Å²) in [6.45, 7) is 5.49. The molecule has 0 aliphatic rings. The highest BCUT2D eigenvalue weighted by molar-refractivity contribution is 5.27. The molecule has 1 radical (unpaired) electrons. The van der Waals surface area contributed by atoms with E-state index in [9.17, 15) is 5.11 Å². The predicted octanol–water partition coefficient (Wildman–Crippen LogP) is 2.91. The van der Waals surface area contributed by atoms with Crippen LogP contribution in [0.25, 0.3) is 0 Å². The van der Waals surface area contributed by atoms with E-state index in [0.717, 1.165) is 12.0 Å². The molecule has 0 spiro atoms. The molecule has 1 aromatic carbocycles. The van der Waals surface area contributed by atoms with Gasteiger partial charge < -0.3 is 0 Å². The highest BCUT2D eigenvalue weighted by atomic mass is 16.3. The van der Waals surface area contributed by atoms with Crippen molar-refractivity contribution in [3.63, 3.8) is 0 Å². The second-order valence-electron chi connectivity index (χ2n) is 3.56. The Bertz CT molecular complexity index is 258. The largest absolute Gasteiger partial charge is 0.225 e. The minimum absolute atomic E-state index is 0.877. The monoisotopic (exact) mass is 163 g/mol. The van der Waals surface area contributed by atoms with Crippen molar-refractivity contribution in [3.05, 3.63) is 35.4 Å². The van der Waals surface area contributed by atoms with Gasteiger partial charge >= 0.3 is 0 Å². The van der Waals surface area contributed by atoms with Crippen molar-refractivity contribution < 1.29 is 5.11 Å². The van der Waals surface area contributed by atoms with Crippen LogP contribution in [0.1, 0.15) is 31.9 Å². The number of benzene rings is 1. The minimum Gasteiger partial charge on any atom is -0.225 e. The SMILES string of the molecule is CCc1cccc(C(C)(C)[O])c1. The molecule has 0 atom stereocenters. The number of hydrogen-bond acceptors (Lipinski definition) is 0. The Morgan fingerprint density at radius 3 is 2.50 bits per heavy atom. The first-order chi connectivity index (χ1) is 5.54. The lowest BCUT2D eigenvalue weighted by atomic mass is 9.96. The van der Waals surface area contributed by atoms with Crippen LogP contribution in [-0.4, -0.2) is 0 Å². The van der Waals surface area contributed by atoms with Crippen molar-refractivity contribution in [2.45, 2.75) is 32.8 Å². The molecule has 12 heavy (non-hydrogen) atoms. The Morgan fingerprint density at radius 2 is 2.00 bits per heavy atom. The van der Waals surface area contributed by atoms with Gasteiger partial charge in [-0.15, -0.1) is 0 Å². The van der Waals surface area contributed by atoms with Crippen LogP contribution in [0.3, 0.4) is 0 Å². The van der Waals surface area contributed by atoms with Gasteiger partial charge in [0.05, 0.1) is 0 Å². The van der Waals surface area contributed by atoms with Gasteiger partial charge in [-0.05, 0) is 31.4 Å². The summed E-state index contributed by atoms with van der Waals surface area (Å²) in [5.74, 6) is 0. The standard InChI is InChI=1S/C11H15O/c1-4-9-6-5-7-10(8-9)11(2,3)12/h5-8H,4H2,1-3H3. The van der Waals surface area contributed by atoms with Gasteiger partial charge in [0.2, 0.25) is 0 Å². The van der Waals surface area contributed by atoms with Crippen molar-refractivity contribution >= 4 is 0 Å². The molecule has 0 aliphatic heterocycles. The summed E-state index contributed by atoms with van der Waals surface area (Å²) in [6, 6.07) is 7.89. The van der Waals surface area contributed by atoms with Crippen LogP contribution in [0.5, 0.6) is 0 Å². The Hall–Kier alpha value is -0.820. The van der Waals surface area contributed by atoms with Gasteiger partial charge in [0.25, 0.3) is 0 Å². The smallest absolute Gasteiger partial charge is 0.123 e. The van der Waals surface area contributed by atoms with E-state index in [1.807, 2.05) is 18.2 Å². The number of rotatable bonds is 2. The molecule has 1 aromatic rings. The van der Waals surface area contributed by atoms with Crippen molar-refractivity contribution in [2.75, 3.05) is 0 Å². The van der Waals surface area contributed by atoms with Crippen LogP contribution < -0.4 is 0 Å². The molecule has 0 N–H and O–H groups in total. The first-order valence-corrected chi connectivity index (χ1v) is 4.34. The zero-order valence-electron chi connectivity index (χ0n) is 7.92. The summed E-state index contributed by atoms with van der Waals surface area (Å²) in [5, 5.41) is 11.6. The van der Waals surface area contributed by atoms with Gasteiger partial charge in [0, 0.05) is 0 Å². The minimum atomic E-state index is -0.967. The summed E-state index contributed by atoms with van der Waals surface area (Å²) in [6.07, 6.45) is 0.990. The van der Waals surface area contributed by atoms with E-state index >= 15 is 0 Å². The van der Waals surface area contributed by atoms with Crippen LogP contribution in [0.2, 0.25) is 0 Å². The normalized spacial score (nSPS) is 11.7. The number of hydrogen-bond donors (Lipinski definition) is 0. The van der Waals surface area contributed by atoms with E-state index < -0.39 is 5.60 Å². The summed E-state index contributed by atoms with van der Waals surface area (Å²) in [4.78, 5) is 0. The molecule has 0 fully saturated rings. The lowest BCUT2D eigenvalue weighted by Crippen LogP contribution is -2.13. The molecule has 0 aliphatic carbocycles. The first-order valence-electron chi connectivity index (χ1n) is 4.34. The van der Waals surface area contributed by atoms with Crippen molar-refractivity contribution in [1.82, 2.24) is 0 Å². The fourth-order valence-corrected chi connectivity index (χ4v) is 1.17. The molecule has 1 heteroatoms. The van der Waals surface area contributed by atoms with Gasteiger partial charge in [0.15, 0.2) is 0 Å². The van der Waals surface area contributed by atoms with Gasteiger partial charge in [0.1, 0.15) is 5.60 Å². The fourth-order valence-electron chi connectivity index (χ4n) is 1.17. The van der Waals surface area contributed by atoms with Crippen LogP contribution >= 0.6 is 0 Å². The molecular weight excluding hydrogens is 148 g/mol. The van der Waals surface area contributed by atoms with Crippen LogP contribution in [0.15, 0.2) is 24.3 Å². The van der Waals surface area contributed by atoms with E-state index in [2.05, 4.69) is 13.0 Å². The Balaban J connectivity index is 3.02. The topological polar surface area (TPSA) is 19.9 Å². The molecule has 0 unspecified atom stereocenters. The second-order valence-corrected chi connectivity index (χ2v) is 3.56. The average Bonchev–Trinajstić information content (AvgIpc) is 2.03. The second kappa shape index (κ2) is 3.28. The molecule has 0 heterocycles. The van der Waals surface area contributed by atoms with Crippen LogP contribution in [-0.2, 0) is 17.1 Å². The maximum Gasteiger partial charge on any atom is 0.123 e. The highest BCUT2D eigenvalue weighted by Crippen LogP contribution is 2.21. The van der Waals surface area contributed by atoms with E-state index in [4.69, 9.17) is 0 Å². The van der Waals surface area contributed by atoms with Crippen molar-refractivity contribution in [1.29, 1.82) is 0 Å². The molecule has 0 saturated heterocycles. The Morgan fingerprint density at radius 1 is 1.33 bits per heavy atom. The van der Waals surface area contributed by atoms with Gasteiger partial charge in [-0.2, -0.15) is 0 Å². The molecule has 0 saturated carbocycles. The third kappa shape index (κ3) is 2.08. The summed E-state index contributed by atoms with van der Waals surface area (Å²) in [5.41, 5.74) is 1.14. The third-order valence-corrected chi connectivity index (χ3v) is 2.03. The van der Waals surface area contributed by atoms with Crippen LogP contribution in [0.4, 0.5) is 0 Å². The van der Waals surface area contributed by atoms with E-state index in [1.165, 1.54) is 5.56 Å². The molecule has 0 aromatic heterocycles. The summed E-state index contributed by atoms with van der Waals surface area (Å²) in [7, 11) is 0. The van der Waals surface area contributed by atoms with Crippen molar-refractivity contribution in [3.8, 4) is 0 Å².